The van der Waals surface area contributed by atoms with Gasteiger partial charge in [-0.25, -0.2) is 4.79 Å². The van der Waals surface area contributed by atoms with Crippen molar-refractivity contribution in [3.63, 3.8) is 0 Å². The van der Waals surface area contributed by atoms with Gasteiger partial charge in [0.1, 0.15) is 5.60 Å². The quantitative estimate of drug-likeness (QED) is 0.781. The van der Waals surface area contributed by atoms with E-state index in [0.717, 1.165) is 25.7 Å². The number of Topliss-reactive ketones (excluding diaryl/α,β-unsaturated/α-hetero) is 1. The van der Waals surface area contributed by atoms with Crippen LogP contribution in [-0.4, -0.2) is 48.2 Å². The number of ether oxygens (including phenoxy) is 2. The molecule has 5 heteroatoms. The standard InChI is InChI=1S/C15H25NO4/c1-15(2,3)20-14(18)16-8-4-5-12(16)13(17)11-6-9-19-10-7-11/h11-12H,4-10H2,1-3H3/t12-/m1/s1. The molecule has 2 saturated heterocycles. The second kappa shape index (κ2) is 6.12. The summed E-state index contributed by atoms with van der Waals surface area (Å²) < 4.78 is 10.7. The van der Waals surface area contributed by atoms with Crippen LogP contribution >= 0.6 is 0 Å². The van der Waals surface area contributed by atoms with Crippen molar-refractivity contribution in [2.75, 3.05) is 19.8 Å². The Morgan fingerprint density at radius 3 is 2.40 bits per heavy atom. The van der Waals surface area contributed by atoms with E-state index in [1.54, 1.807) is 4.90 Å². The van der Waals surface area contributed by atoms with Crippen LogP contribution in [0.3, 0.4) is 0 Å². The van der Waals surface area contributed by atoms with Gasteiger partial charge in [0.25, 0.3) is 0 Å². The number of hydrogen-bond donors (Lipinski definition) is 0. The third-order valence-corrected chi connectivity index (χ3v) is 3.83. The summed E-state index contributed by atoms with van der Waals surface area (Å²) in [6, 6.07) is -0.298. The Kier molecular flexibility index (Phi) is 4.68. The van der Waals surface area contributed by atoms with Gasteiger partial charge in [-0.15, -0.1) is 0 Å². The lowest BCUT2D eigenvalue weighted by Crippen LogP contribution is -2.46. The average molecular weight is 283 g/mol. The van der Waals surface area contributed by atoms with Gasteiger partial charge in [-0.2, -0.15) is 0 Å². The zero-order valence-corrected chi connectivity index (χ0v) is 12.7. The first-order valence-electron chi connectivity index (χ1n) is 7.49. The third-order valence-electron chi connectivity index (χ3n) is 3.83. The van der Waals surface area contributed by atoms with Crippen LogP contribution in [0.4, 0.5) is 4.79 Å². The Morgan fingerprint density at radius 1 is 1.15 bits per heavy atom. The predicted molar refractivity (Wildman–Crippen MR) is 74.5 cm³/mol. The molecule has 0 aromatic rings. The molecule has 0 radical (unpaired) electrons. The van der Waals surface area contributed by atoms with Crippen molar-refractivity contribution in [3.8, 4) is 0 Å². The molecule has 114 valence electrons. The van der Waals surface area contributed by atoms with Crippen molar-refractivity contribution in [3.05, 3.63) is 0 Å². The fourth-order valence-corrected chi connectivity index (χ4v) is 2.86. The Labute approximate surface area is 120 Å². The lowest BCUT2D eigenvalue weighted by atomic mass is 9.90. The topological polar surface area (TPSA) is 55.8 Å². The number of ketones is 1. The largest absolute Gasteiger partial charge is 0.444 e. The zero-order chi connectivity index (χ0) is 14.8. The van der Waals surface area contributed by atoms with Crippen LogP contribution in [0.25, 0.3) is 0 Å². The number of carbonyl (C=O) groups is 2. The van der Waals surface area contributed by atoms with E-state index in [-0.39, 0.29) is 23.8 Å². The summed E-state index contributed by atoms with van der Waals surface area (Å²) in [6.45, 7) is 7.45. The normalized spacial score (nSPS) is 24.8. The number of carbonyl (C=O) groups excluding carboxylic acids is 2. The molecular weight excluding hydrogens is 258 g/mol. The highest BCUT2D eigenvalue weighted by molar-refractivity contribution is 5.89. The molecule has 5 nitrogen and oxygen atoms in total. The van der Waals surface area contributed by atoms with Gasteiger partial charge < -0.3 is 9.47 Å². The van der Waals surface area contributed by atoms with E-state index < -0.39 is 5.60 Å². The monoisotopic (exact) mass is 283 g/mol. The molecule has 2 aliphatic heterocycles. The maximum atomic E-state index is 12.6. The second-order valence-corrected chi connectivity index (χ2v) is 6.62. The van der Waals surface area contributed by atoms with Crippen molar-refractivity contribution in [1.82, 2.24) is 4.90 Å². The Bertz CT molecular complexity index is 369. The average Bonchev–Trinajstić information content (AvgIpc) is 2.86. The van der Waals surface area contributed by atoms with E-state index in [2.05, 4.69) is 0 Å². The summed E-state index contributed by atoms with van der Waals surface area (Å²) in [5.74, 6) is 0.230. The summed E-state index contributed by atoms with van der Waals surface area (Å²) in [5.41, 5.74) is -0.522. The number of nitrogens with zero attached hydrogens (tertiary/aromatic N) is 1. The van der Waals surface area contributed by atoms with Crippen molar-refractivity contribution in [2.45, 2.75) is 58.1 Å². The van der Waals surface area contributed by atoms with Crippen LogP contribution < -0.4 is 0 Å². The summed E-state index contributed by atoms with van der Waals surface area (Å²) in [5, 5.41) is 0. The van der Waals surface area contributed by atoms with Gasteiger partial charge in [-0.3, -0.25) is 9.69 Å². The fraction of sp³-hybridized carbons (Fsp3) is 0.867. The third kappa shape index (κ3) is 3.72. The Hall–Kier alpha value is -1.10. The molecule has 0 aliphatic carbocycles. The number of likely N-dealkylation sites (tertiary alicyclic amines) is 1. The molecule has 0 unspecified atom stereocenters. The minimum absolute atomic E-state index is 0.0387. The van der Waals surface area contributed by atoms with Gasteiger partial charge in [0.2, 0.25) is 0 Å². The molecule has 1 atom stereocenters. The van der Waals surface area contributed by atoms with Crippen LogP contribution in [0.15, 0.2) is 0 Å². The number of amides is 1. The van der Waals surface area contributed by atoms with Gasteiger partial charge in [0.15, 0.2) is 5.78 Å². The second-order valence-electron chi connectivity index (χ2n) is 6.62. The maximum absolute atomic E-state index is 12.6. The highest BCUT2D eigenvalue weighted by atomic mass is 16.6. The smallest absolute Gasteiger partial charge is 0.410 e. The molecule has 2 fully saturated rings. The molecule has 2 aliphatic rings. The Morgan fingerprint density at radius 2 is 1.80 bits per heavy atom. The Balaban J connectivity index is 1.99. The molecule has 20 heavy (non-hydrogen) atoms. The minimum atomic E-state index is -0.522. The minimum Gasteiger partial charge on any atom is -0.444 e. The molecule has 2 rings (SSSR count). The molecule has 0 bridgehead atoms. The van der Waals surface area contributed by atoms with E-state index in [1.165, 1.54) is 0 Å². The molecule has 0 N–H and O–H groups in total. The number of rotatable bonds is 2. The lowest BCUT2D eigenvalue weighted by molar-refractivity contribution is -0.130. The van der Waals surface area contributed by atoms with Crippen molar-refractivity contribution in [1.29, 1.82) is 0 Å². The van der Waals surface area contributed by atoms with Gasteiger partial charge in [0, 0.05) is 25.7 Å². The highest BCUT2D eigenvalue weighted by Crippen LogP contribution is 2.27. The van der Waals surface area contributed by atoms with E-state index in [0.29, 0.717) is 19.8 Å². The fourth-order valence-electron chi connectivity index (χ4n) is 2.86. The first-order valence-corrected chi connectivity index (χ1v) is 7.49. The van der Waals surface area contributed by atoms with Crippen LogP contribution in [0.2, 0.25) is 0 Å². The van der Waals surface area contributed by atoms with Crippen molar-refractivity contribution < 1.29 is 19.1 Å². The zero-order valence-electron chi connectivity index (χ0n) is 12.7. The molecule has 1 amide bonds. The van der Waals surface area contributed by atoms with Gasteiger partial charge in [0.05, 0.1) is 6.04 Å². The van der Waals surface area contributed by atoms with E-state index in [9.17, 15) is 9.59 Å². The first-order chi connectivity index (χ1) is 9.38. The summed E-state index contributed by atoms with van der Waals surface area (Å²) >= 11 is 0. The first kappa shape index (κ1) is 15.3. The molecule has 0 aromatic carbocycles. The molecule has 2 heterocycles. The van der Waals surface area contributed by atoms with Crippen LogP contribution in [0.5, 0.6) is 0 Å². The lowest BCUT2D eigenvalue weighted by Gasteiger charge is -2.30. The summed E-state index contributed by atoms with van der Waals surface area (Å²) in [7, 11) is 0. The van der Waals surface area contributed by atoms with Crippen LogP contribution in [-0.2, 0) is 14.3 Å². The van der Waals surface area contributed by atoms with E-state index >= 15 is 0 Å². The predicted octanol–water partition coefficient (Wildman–Crippen LogP) is 2.38. The molecule has 0 aromatic heterocycles. The van der Waals surface area contributed by atoms with Gasteiger partial charge in [-0.1, -0.05) is 0 Å². The summed E-state index contributed by atoms with van der Waals surface area (Å²) in [6.07, 6.45) is 2.82. The van der Waals surface area contributed by atoms with Crippen molar-refractivity contribution >= 4 is 11.9 Å². The number of hydrogen-bond acceptors (Lipinski definition) is 4. The molecule has 0 spiro atoms. The van der Waals surface area contributed by atoms with Gasteiger partial charge >= 0.3 is 6.09 Å². The summed E-state index contributed by atoms with van der Waals surface area (Å²) in [4.78, 5) is 26.4. The molecule has 0 saturated carbocycles. The maximum Gasteiger partial charge on any atom is 0.410 e. The van der Waals surface area contributed by atoms with Crippen molar-refractivity contribution in [2.24, 2.45) is 5.92 Å². The SMILES string of the molecule is CC(C)(C)OC(=O)N1CCC[C@@H]1C(=O)C1CCOCC1. The van der Waals surface area contributed by atoms with Crippen LogP contribution in [0.1, 0.15) is 46.5 Å². The van der Waals surface area contributed by atoms with Gasteiger partial charge in [-0.05, 0) is 46.5 Å². The van der Waals surface area contributed by atoms with Crippen LogP contribution in [0, 0.1) is 5.92 Å². The van der Waals surface area contributed by atoms with E-state index in [4.69, 9.17) is 9.47 Å². The highest BCUT2D eigenvalue weighted by Gasteiger charge is 2.39. The van der Waals surface area contributed by atoms with E-state index in [1.807, 2.05) is 20.8 Å². The molecular formula is C15H25NO4.